The zero-order valence-corrected chi connectivity index (χ0v) is 9.54. The molecule has 0 aliphatic rings. The summed E-state index contributed by atoms with van der Waals surface area (Å²) in [5.74, 6) is 0.645. The molecule has 80 valence electrons. The molecule has 0 saturated carbocycles. The fourth-order valence-electron chi connectivity index (χ4n) is 1.57. The summed E-state index contributed by atoms with van der Waals surface area (Å²) in [5, 5.41) is 4.77. The highest BCUT2D eigenvalue weighted by molar-refractivity contribution is 5.82. The molecular formula is C13H18N2. The first-order valence-electron chi connectivity index (χ1n) is 5.50. The molecule has 2 heteroatoms. The molecule has 1 aromatic carbocycles. The van der Waals surface area contributed by atoms with Gasteiger partial charge < -0.3 is 10.3 Å². The van der Waals surface area contributed by atoms with Crippen molar-refractivity contribution in [3.63, 3.8) is 0 Å². The molecule has 0 spiro atoms. The van der Waals surface area contributed by atoms with Crippen LogP contribution in [0.4, 0.5) is 5.69 Å². The van der Waals surface area contributed by atoms with E-state index in [9.17, 15) is 0 Å². The molecule has 2 N–H and O–H groups in total. The Kier molecular flexibility index (Phi) is 2.67. The monoisotopic (exact) mass is 202 g/mol. The maximum atomic E-state index is 3.51. The van der Waals surface area contributed by atoms with Crippen LogP contribution < -0.4 is 5.32 Å². The van der Waals surface area contributed by atoms with Crippen molar-refractivity contribution in [1.29, 1.82) is 0 Å². The molecule has 0 aliphatic heterocycles. The normalized spacial score (nSPS) is 13.3. The minimum absolute atomic E-state index is 0.501. The number of H-pyrrole nitrogens is 1. The molecule has 1 heterocycles. The van der Waals surface area contributed by atoms with Crippen LogP contribution in [0.2, 0.25) is 0 Å². The molecule has 1 unspecified atom stereocenters. The van der Waals surface area contributed by atoms with Gasteiger partial charge >= 0.3 is 0 Å². The third kappa shape index (κ3) is 2.14. The second-order valence-corrected chi connectivity index (χ2v) is 4.46. The van der Waals surface area contributed by atoms with Crippen molar-refractivity contribution in [2.45, 2.75) is 26.8 Å². The van der Waals surface area contributed by atoms with E-state index in [-0.39, 0.29) is 0 Å². The van der Waals surface area contributed by atoms with Gasteiger partial charge in [-0.05, 0) is 37.1 Å². The predicted octanol–water partition coefficient (Wildman–Crippen LogP) is 3.62. The van der Waals surface area contributed by atoms with Crippen molar-refractivity contribution < 1.29 is 0 Å². The number of nitrogens with one attached hydrogen (secondary N) is 2. The predicted molar refractivity (Wildman–Crippen MR) is 66.2 cm³/mol. The zero-order valence-electron chi connectivity index (χ0n) is 9.54. The third-order valence-corrected chi connectivity index (χ3v) is 2.95. The van der Waals surface area contributed by atoms with Gasteiger partial charge in [0, 0.05) is 28.8 Å². The summed E-state index contributed by atoms with van der Waals surface area (Å²) < 4.78 is 0. The van der Waals surface area contributed by atoms with Crippen LogP contribution in [0.1, 0.15) is 20.8 Å². The summed E-state index contributed by atoms with van der Waals surface area (Å²) in [4.78, 5) is 3.20. The largest absolute Gasteiger partial charge is 0.382 e. The summed E-state index contributed by atoms with van der Waals surface area (Å²) in [5.41, 5.74) is 2.39. The van der Waals surface area contributed by atoms with E-state index in [1.807, 2.05) is 6.20 Å². The maximum Gasteiger partial charge on any atom is 0.0455 e. The topological polar surface area (TPSA) is 27.8 Å². The fourth-order valence-corrected chi connectivity index (χ4v) is 1.57. The van der Waals surface area contributed by atoms with Gasteiger partial charge in [-0.2, -0.15) is 0 Å². The van der Waals surface area contributed by atoms with Gasteiger partial charge in [0.05, 0.1) is 0 Å². The van der Waals surface area contributed by atoms with Crippen LogP contribution >= 0.6 is 0 Å². The van der Waals surface area contributed by atoms with Gasteiger partial charge in [-0.1, -0.05) is 13.8 Å². The van der Waals surface area contributed by atoms with Gasteiger partial charge in [0.15, 0.2) is 0 Å². The Hall–Kier alpha value is -1.44. The van der Waals surface area contributed by atoms with Crippen LogP contribution in [-0.4, -0.2) is 11.0 Å². The van der Waals surface area contributed by atoms with Crippen LogP contribution in [0.25, 0.3) is 10.9 Å². The first-order chi connectivity index (χ1) is 7.16. The highest BCUT2D eigenvalue weighted by Gasteiger charge is 2.06. The Labute approximate surface area is 90.7 Å². The van der Waals surface area contributed by atoms with Gasteiger partial charge in [-0.3, -0.25) is 0 Å². The maximum absolute atomic E-state index is 3.51. The SMILES string of the molecule is CC(C)C(C)Nc1ccc2[nH]ccc2c1. The Morgan fingerprint density at radius 3 is 2.67 bits per heavy atom. The number of fused-ring (bicyclic) bond motifs is 1. The Morgan fingerprint density at radius 1 is 1.13 bits per heavy atom. The summed E-state index contributed by atoms with van der Waals surface area (Å²) in [6.45, 7) is 6.67. The number of anilines is 1. The molecular weight excluding hydrogens is 184 g/mol. The molecule has 0 bridgehead atoms. The number of rotatable bonds is 3. The van der Waals surface area contributed by atoms with Crippen LogP contribution in [0.15, 0.2) is 30.5 Å². The third-order valence-electron chi connectivity index (χ3n) is 2.95. The molecule has 1 aromatic heterocycles. The van der Waals surface area contributed by atoms with Gasteiger partial charge in [-0.15, -0.1) is 0 Å². The van der Waals surface area contributed by atoms with E-state index in [2.05, 4.69) is 55.3 Å². The first-order valence-corrected chi connectivity index (χ1v) is 5.50. The number of aromatic nitrogens is 1. The molecule has 0 fully saturated rings. The molecule has 15 heavy (non-hydrogen) atoms. The van der Waals surface area contributed by atoms with Crippen molar-refractivity contribution >= 4 is 16.6 Å². The molecule has 0 radical (unpaired) electrons. The Morgan fingerprint density at radius 2 is 1.93 bits per heavy atom. The van der Waals surface area contributed by atoms with Crippen molar-refractivity contribution in [3.8, 4) is 0 Å². The van der Waals surface area contributed by atoms with E-state index in [1.54, 1.807) is 0 Å². The van der Waals surface area contributed by atoms with Crippen LogP contribution in [0, 0.1) is 5.92 Å². The van der Waals surface area contributed by atoms with Crippen molar-refractivity contribution in [1.82, 2.24) is 4.98 Å². The molecule has 0 aliphatic carbocycles. The summed E-state index contributed by atoms with van der Waals surface area (Å²) >= 11 is 0. The molecule has 0 saturated heterocycles. The lowest BCUT2D eigenvalue weighted by Gasteiger charge is -2.18. The number of benzene rings is 1. The van der Waals surface area contributed by atoms with E-state index in [0.29, 0.717) is 12.0 Å². The number of hydrogen-bond acceptors (Lipinski definition) is 1. The van der Waals surface area contributed by atoms with Crippen LogP contribution in [-0.2, 0) is 0 Å². The van der Waals surface area contributed by atoms with Crippen molar-refractivity contribution in [2.75, 3.05) is 5.32 Å². The summed E-state index contributed by atoms with van der Waals surface area (Å²) in [6, 6.07) is 9.02. The lowest BCUT2D eigenvalue weighted by atomic mass is 10.1. The average molecular weight is 202 g/mol. The molecule has 2 rings (SSSR count). The summed E-state index contributed by atoms with van der Waals surface area (Å²) in [7, 11) is 0. The zero-order chi connectivity index (χ0) is 10.8. The van der Waals surface area contributed by atoms with E-state index in [4.69, 9.17) is 0 Å². The van der Waals surface area contributed by atoms with Crippen molar-refractivity contribution in [3.05, 3.63) is 30.5 Å². The number of hydrogen-bond donors (Lipinski definition) is 2. The van der Waals surface area contributed by atoms with Gasteiger partial charge in [0.2, 0.25) is 0 Å². The minimum atomic E-state index is 0.501. The van der Waals surface area contributed by atoms with Gasteiger partial charge in [0.1, 0.15) is 0 Å². The van der Waals surface area contributed by atoms with Crippen molar-refractivity contribution in [2.24, 2.45) is 5.92 Å². The standard InChI is InChI=1S/C13H18N2/c1-9(2)10(3)15-12-4-5-13-11(8-12)6-7-14-13/h4-10,14-15H,1-3H3. The molecule has 1 atom stereocenters. The number of aromatic amines is 1. The van der Waals surface area contributed by atoms with Gasteiger partial charge in [0.25, 0.3) is 0 Å². The Bertz CT molecular complexity index is 442. The smallest absolute Gasteiger partial charge is 0.0455 e. The van der Waals surface area contributed by atoms with Crippen LogP contribution in [0.5, 0.6) is 0 Å². The lowest BCUT2D eigenvalue weighted by Crippen LogP contribution is -2.21. The van der Waals surface area contributed by atoms with Gasteiger partial charge in [-0.25, -0.2) is 0 Å². The van der Waals surface area contributed by atoms with E-state index >= 15 is 0 Å². The first kappa shape index (κ1) is 10.1. The Balaban J connectivity index is 2.21. The molecule has 2 aromatic rings. The molecule has 2 nitrogen and oxygen atoms in total. The van der Waals surface area contributed by atoms with E-state index < -0.39 is 0 Å². The average Bonchev–Trinajstić information content (AvgIpc) is 2.64. The quantitative estimate of drug-likeness (QED) is 0.781. The molecule has 0 amide bonds. The second kappa shape index (κ2) is 3.97. The fraction of sp³-hybridized carbons (Fsp3) is 0.385. The highest BCUT2D eigenvalue weighted by atomic mass is 14.9. The second-order valence-electron chi connectivity index (χ2n) is 4.46. The van der Waals surface area contributed by atoms with Crippen LogP contribution in [0.3, 0.4) is 0 Å². The summed E-state index contributed by atoms with van der Waals surface area (Å²) in [6.07, 6.45) is 1.97. The van der Waals surface area contributed by atoms with E-state index in [1.165, 1.54) is 16.6 Å². The highest BCUT2D eigenvalue weighted by Crippen LogP contribution is 2.19. The van der Waals surface area contributed by atoms with E-state index in [0.717, 1.165) is 0 Å². The minimum Gasteiger partial charge on any atom is -0.382 e. The lowest BCUT2D eigenvalue weighted by molar-refractivity contribution is 0.560.